The number of aromatic nitrogens is 1. The van der Waals surface area contributed by atoms with E-state index in [9.17, 15) is 9.13 Å². The van der Waals surface area contributed by atoms with Crippen molar-refractivity contribution in [3.05, 3.63) is 48.0 Å². The zero-order chi connectivity index (χ0) is 32.8. The van der Waals surface area contributed by atoms with Gasteiger partial charge in [0.1, 0.15) is 11.5 Å². The van der Waals surface area contributed by atoms with Crippen LogP contribution in [0.2, 0.25) is 0 Å². The van der Waals surface area contributed by atoms with Gasteiger partial charge in [0.05, 0.1) is 49.8 Å². The fraction of sp³-hybridized carbons (Fsp3) is 0.576. The molecule has 3 rings (SSSR count). The Bertz CT molecular complexity index is 1400. The minimum atomic E-state index is -3.99. The highest BCUT2D eigenvalue weighted by Crippen LogP contribution is 2.73. The van der Waals surface area contributed by atoms with Gasteiger partial charge in [-0.2, -0.15) is 0 Å². The topological polar surface area (TPSA) is 94.5 Å². The van der Waals surface area contributed by atoms with Gasteiger partial charge in [-0.3, -0.25) is 9.13 Å². The molecule has 0 radical (unpaired) electrons. The van der Waals surface area contributed by atoms with Crippen molar-refractivity contribution in [2.24, 2.45) is 0 Å². The number of rotatable bonds is 17. The average molecular weight is 652 g/mol. The summed E-state index contributed by atoms with van der Waals surface area (Å²) in [7, 11) is -4.68. The minimum Gasteiger partial charge on any atom is -0.497 e. The van der Waals surface area contributed by atoms with Crippen molar-refractivity contribution in [3.8, 4) is 22.8 Å². The number of aryl methyl sites for hydroxylation is 2. The zero-order valence-electron chi connectivity index (χ0n) is 28.2. The number of hydrogen-bond donors (Lipinski definition) is 0. The lowest BCUT2D eigenvalue weighted by atomic mass is 10.1. The van der Waals surface area contributed by atoms with Crippen molar-refractivity contribution >= 4 is 26.1 Å². The Morgan fingerprint density at radius 3 is 1.57 bits per heavy atom. The van der Waals surface area contributed by atoms with E-state index in [1.54, 1.807) is 69.6 Å². The van der Waals surface area contributed by atoms with E-state index in [1.165, 1.54) is 0 Å². The van der Waals surface area contributed by atoms with Gasteiger partial charge in [-0.25, -0.2) is 0 Å². The molecule has 0 bridgehead atoms. The van der Waals surface area contributed by atoms with Gasteiger partial charge in [0.15, 0.2) is 5.40 Å². The van der Waals surface area contributed by atoms with Crippen molar-refractivity contribution in [2.75, 3.05) is 14.2 Å². The van der Waals surface area contributed by atoms with E-state index < -0.39 is 45.0 Å². The van der Waals surface area contributed by atoms with E-state index in [4.69, 9.17) is 27.6 Å². The summed E-state index contributed by atoms with van der Waals surface area (Å²) >= 11 is 0. The highest BCUT2D eigenvalue weighted by Gasteiger charge is 2.52. The first-order valence-corrected chi connectivity index (χ1v) is 18.6. The van der Waals surface area contributed by atoms with Crippen LogP contribution < -0.4 is 9.47 Å². The Labute approximate surface area is 263 Å². The molecule has 0 aliphatic carbocycles. The molecule has 0 saturated carbocycles. The van der Waals surface area contributed by atoms with E-state index in [0.717, 1.165) is 39.2 Å². The smallest absolute Gasteiger partial charge is 0.346 e. The molecule has 0 spiro atoms. The van der Waals surface area contributed by atoms with Gasteiger partial charge in [0.2, 0.25) is 0 Å². The highest BCUT2D eigenvalue weighted by molar-refractivity contribution is 7.72. The summed E-state index contributed by atoms with van der Waals surface area (Å²) in [6.45, 7) is 16.9. The summed E-state index contributed by atoms with van der Waals surface area (Å²) in [5.41, 5.74) is 4.21. The van der Waals surface area contributed by atoms with Crippen LogP contribution >= 0.6 is 15.2 Å². The first-order chi connectivity index (χ1) is 20.6. The Morgan fingerprint density at radius 1 is 0.682 bits per heavy atom. The van der Waals surface area contributed by atoms with Crippen LogP contribution in [0.25, 0.3) is 22.2 Å². The van der Waals surface area contributed by atoms with Gasteiger partial charge in [-0.05, 0) is 123 Å². The average Bonchev–Trinajstić information content (AvgIpc) is 3.19. The van der Waals surface area contributed by atoms with Crippen LogP contribution in [0, 0.1) is 6.92 Å². The maximum atomic E-state index is 14.6. The number of hydrogen-bond acceptors (Lipinski definition) is 8. The Balaban J connectivity index is 2.13. The summed E-state index contributed by atoms with van der Waals surface area (Å²) in [4.78, 5) is 0. The van der Waals surface area contributed by atoms with Gasteiger partial charge in [0, 0.05) is 18.0 Å². The normalized spacial score (nSPS) is 12.9. The SMILES string of the molecule is COc1ccc(-c2c(C)c3ccc(OC)cc3n2CCCC(P(=O)(OC(C)C)OC(C)C)P(=O)(OC(C)C)OC(C)C)cc1. The number of nitrogens with zero attached hydrogens (tertiary/aromatic N) is 1. The Morgan fingerprint density at radius 2 is 1.14 bits per heavy atom. The molecule has 1 aromatic heterocycles. The molecule has 0 atom stereocenters. The fourth-order valence-corrected chi connectivity index (χ4v) is 11.5. The molecule has 0 saturated heterocycles. The molecule has 11 heteroatoms. The third-order valence-corrected chi connectivity index (χ3v) is 13.4. The molecule has 0 N–H and O–H groups in total. The molecule has 0 fully saturated rings. The van der Waals surface area contributed by atoms with Crippen molar-refractivity contribution in [1.29, 1.82) is 0 Å². The molecule has 0 amide bonds. The number of benzene rings is 2. The lowest BCUT2D eigenvalue weighted by Gasteiger charge is -2.35. The molecule has 3 aromatic rings. The second kappa shape index (κ2) is 15.4. The van der Waals surface area contributed by atoms with E-state index in [1.807, 2.05) is 36.4 Å². The first kappa shape index (κ1) is 36.3. The molecular weight excluding hydrogens is 600 g/mol. The summed E-state index contributed by atoms with van der Waals surface area (Å²) in [6.07, 6.45) is -1.01. The van der Waals surface area contributed by atoms with Crippen molar-refractivity contribution < 1.29 is 36.7 Å². The molecular formula is C33H51NO8P2. The van der Waals surface area contributed by atoms with Crippen LogP contribution in [0.4, 0.5) is 0 Å². The molecule has 246 valence electrons. The Hall–Kier alpha value is -2.12. The standard InChI is InChI=1S/C33H51NO8P2/c1-22(2)39-43(35,40-23(3)4)32(44(36,41-24(5)6)42-25(7)8)13-12-20-34-31-21-29(38-11)18-19-30(31)26(9)33(34)27-14-16-28(37-10)17-15-27/h14-19,21-25,32H,12-13,20H2,1-11H3. The number of fused-ring (bicyclic) bond motifs is 1. The third-order valence-electron chi connectivity index (χ3n) is 6.89. The predicted molar refractivity (Wildman–Crippen MR) is 178 cm³/mol. The van der Waals surface area contributed by atoms with E-state index >= 15 is 0 Å². The number of methoxy groups -OCH3 is 2. The summed E-state index contributed by atoms with van der Waals surface area (Å²) in [6, 6.07) is 14.0. The van der Waals surface area contributed by atoms with Crippen molar-refractivity contribution in [3.63, 3.8) is 0 Å². The van der Waals surface area contributed by atoms with E-state index in [2.05, 4.69) is 17.6 Å². The van der Waals surface area contributed by atoms with Crippen LogP contribution in [0.1, 0.15) is 73.8 Å². The van der Waals surface area contributed by atoms with Crippen LogP contribution in [-0.4, -0.2) is 48.6 Å². The maximum absolute atomic E-state index is 14.6. The zero-order valence-corrected chi connectivity index (χ0v) is 29.9. The van der Waals surface area contributed by atoms with Crippen LogP contribution in [0.5, 0.6) is 11.5 Å². The van der Waals surface area contributed by atoms with Crippen molar-refractivity contribution in [2.45, 2.75) is 112 Å². The van der Waals surface area contributed by atoms with E-state index in [-0.39, 0.29) is 6.42 Å². The van der Waals surface area contributed by atoms with Crippen LogP contribution in [0.3, 0.4) is 0 Å². The predicted octanol–water partition coefficient (Wildman–Crippen LogP) is 9.83. The number of ether oxygens (including phenoxy) is 2. The summed E-state index contributed by atoms with van der Waals surface area (Å²) in [5.74, 6) is 1.52. The molecule has 44 heavy (non-hydrogen) atoms. The van der Waals surface area contributed by atoms with Gasteiger partial charge in [-0.1, -0.05) is 0 Å². The monoisotopic (exact) mass is 651 g/mol. The largest absolute Gasteiger partial charge is 0.497 e. The molecule has 0 aliphatic rings. The van der Waals surface area contributed by atoms with Crippen molar-refractivity contribution in [1.82, 2.24) is 4.57 Å². The second-order valence-corrected chi connectivity index (χ2v) is 16.7. The molecule has 0 unspecified atom stereocenters. The summed E-state index contributed by atoms with van der Waals surface area (Å²) in [5, 5.41) is -0.0198. The van der Waals surface area contributed by atoms with Gasteiger partial charge in [0.25, 0.3) is 0 Å². The maximum Gasteiger partial charge on any atom is 0.346 e. The van der Waals surface area contributed by atoms with Gasteiger partial charge >= 0.3 is 15.2 Å². The minimum absolute atomic E-state index is 0.220. The molecule has 2 aromatic carbocycles. The fourth-order valence-electron chi connectivity index (χ4n) is 5.41. The van der Waals surface area contributed by atoms with Gasteiger partial charge < -0.3 is 32.1 Å². The third kappa shape index (κ3) is 8.78. The quantitative estimate of drug-likeness (QED) is 0.133. The molecule has 9 nitrogen and oxygen atoms in total. The lowest BCUT2D eigenvalue weighted by molar-refractivity contribution is 0.121. The van der Waals surface area contributed by atoms with E-state index in [0.29, 0.717) is 13.0 Å². The van der Waals surface area contributed by atoms with Crippen LogP contribution in [0.15, 0.2) is 42.5 Å². The summed E-state index contributed by atoms with van der Waals surface area (Å²) < 4.78 is 66.5. The first-order valence-electron chi connectivity index (χ1n) is 15.4. The molecule has 0 aliphatic heterocycles. The lowest BCUT2D eigenvalue weighted by Crippen LogP contribution is -2.24. The Kier molecular flexibility index (Phi) is 12.8. The highest BCUT2D eigenvalue weighted by atomic mass is 31.2. The molecule has 1 heterocycles. The van der Waals surface area contributed by atoms with Gasteiger partial charge in [-0.15, -0.1) is 0 Å². The second-order valence-electron chi connectivity index (χ2n) is 12.1. The van der Waals surface area contributed by atoms with Crippen LogP contribution in [-0.2, 0) is 33.8 Å².